The zero-order valence-electron chi connectivity index (χ0n) is 15.9. The number of imide groups is 1. The smallest absolute Gasteiger partial charge is 0.241 e. The molecule has 3 aromatic carbocycles. The summed E-state index contributed by atoms with van der Waals surface area (Å²) in [6, 6.07) is 22.7. The van der Waals surface area contributed by atoms with E-state index in [0.717, 1.165) is 22.3 Å². The standard InChI is InChI=1S/C25H19NO3/c1-25-21-18-8-4-2-6-16(18)20(17-7-3-5-9-19(17)21)22(25)23(28)26(24(25)29)14-10-12-15(27)13-11-14/h2-13,20-22,27H,1H3/t20?,21?,22-,25-/m0/s1. The second kappa shape index (κ2) is 5.35. The molecule has 3 aliphatic carbocycles. The van der Waals surface area contributed by atoms with Crippen LogP contribution in [0.3, 0.4) is 0 Å². The lowest BCUT2D eigenvalue weighted by molar-refractivity contribution is -0.128. The Balaban J connectivity index is 1.61. The molecule has 0 spiro atoms. The van der Waals surface area contributed by atoms with Crippen molar-refractivity contribution in [2.75, 3.05) is 4.90 Å². The first-order valence-electron chi connectivity index (χ1n) is 9.88. The number of aromatic hydroxyl groups is 1. The molecule has 4 heteroatoms. The van der Waals surface area contributed by atoms with E-state index in [9.17, 15) is 14.7 Å². The van der Waals surface area contributed by atoms with Gasteiger partial charge in [0.25, 0.3) is 0 Å². The summed E-state index contributed by atoms with van der Waals surface area (Å²) in [7, 11) is 0. The van der Waals surface area contributed by atoms with Gasteiger partial charge in [-0.15, -0.1) is 0 Å². The van der Waals surface area contributed by atoms with E-state index in [1.807, 2.05) is 31.2 Å². The van der Waals surface area contributed by atoms with Gasteiger partial charge in [-0.2, -0.15) is 0 Å². The molecule has 1 fully saturated rings. The van der Waals surface area contributed by atoms with Crippen molar-refractivity contribution >= 4 is 17.5 Å². The Hall–Kier alpha value is -3.40. The SMILES string of the molecule is C[C@@]12C(=O)N(c3ccc(O)cc3)C(=O)[C@@H]1C1c3ccccc3C2c2ccccc21. The fraction of sp³-hybridized carbons (Fsp3) is 0.200. The maximum Gasteiger partial charge on any atom is 0.241 e. The van der Waals surface area contributed by atoms with Crippen molar-refractivity contribution in [3.8, 4) is 5.75 Å². The van der Waals surface area contributed by atoms with Gasteiger partial charge in [-0.1, -0.05) is 48.5 Å². The van der Waals surface area contributed by atoms with Gasteiger partial charge in [-0.05, 0) is 53.4 Å². The van der Waals surface area contributed by atoms with E-state index in [0.29, 0.717) is 5.69 Å². The van der Waals surface area contributed by atoms with Crippen molar-refractivity contribution in [3.05, 3.63) is 95.1 Å². The van der Waals surface area contributed by atoms with Crippen molar-refractivity contribution in [2.24, 2.45) is 11.3 Å². The predicted octanol–water partition coefficient (Wildman–Crippen LogP) is 4.18. The normalized spacial score (nSPS) is 28.9. The number of hydrogen-bond acceptors (Lipinski definition) is 3. The maximum absolute atomic E-state index is 13.8. The second-order valence-electron chi connectivity index (χ2n) is 8.42. The van der Waals surface area contributed by atoms with Crippen molar-refractivity contribution in [1.82, 2.24) is 0 Å². The number of phenolic OH excluding ortho intramolecular Hbond substituents is 1. The molecule has 7 rings (SSSR count). The van der Waals surface area contributed by atoms with Crippen LogP contribution in [0.4, 0.5) is 5.69 Å². The number of nitrogens with zero attached hydrogens (tertiary/aromatic N) is 1. The number of amides is 2. The lowest BCUT2D eigenvalue weighted by Crippen LogP contribution is -2.49. The van der Waals surface area contributed by atoms with Crippen LogP contribution in [0.15, 0.2) is 72.8 Å². The highest BCUT2D eigenvalue weighted by molar-refractivity contribution is 6.25. The molecule has 4 aliphatic rings. The van der Waals surface area contributed by atoms with Gasteiger partial charge in [-0.3, -0.25) is 9.59 Å². The molecule has 2 amide bonds. The maximum atomic E-state index is 13.8. The van der Waals surface area contributed by atoms with Crippen molar-refractivity contribution in [2.45, 2.75) is 18.8 Å². The molecule has 1 saturated heterocycles. The minimum Gasteiger partial charge on any atom is -0.508 e. The molecule has 1 N–H and O–H groups in total. The first kappa shape index (κ1) is 16.5. The van der Waals surface area contributed by atoms with Crippen LogP contribution < -0.4 is 4.90 Å². The minimum atomic E-state index is -0.831. The third kappa shape index (κ3) is 1.84. The Labute approximate surface area is 168 Å². The summed E-state index contributed by atoms with van der Waals surface area (Å²) in [5.74, 6) is -0.909. The molecule has 4 nitrogen and oxygen atoms in total. The lowest BCUT2D eigenvalue weighted by atomic mass is 9.48. The first-order chi connectivity index (χ1) is 14.0. The van der Waals surface area contributed by atoms with E-state index >= 15 is 0 Å². The Kier molecular flexibility index (Phi) is 3.05. The Morgan fingerprint density at radius 3 is 1.86 bits per heavy atom. The minimum absolute atomic E-state index is 0.108. The van der Waals surface area contributed by atoms with E-state index in [-0.39, 0.29) is 29.4 Å². The molecule has 3 aromatic rings. The van der Waals surface area contributed by atoms with Crippen molar-refractivity contribution in [3.63, 3.8) is 0 Å². The average Bonchev–Trinajstić information content (AvgIpc) is 2.95. The summed E-state index contributed by atoms with van der Waals surface area (Å²) in [6.07, 6.45) is 0. The van der Waals surface area contributed by atoms with Gasteiger partial charge in [0.2, 0.25) is 11.8 Å². The van der Waals surface area contributed by atoms with Gasteiger partial charge < -0.3 is 5.11 Å². The van der Waals surface area contributed by atoms with Crippen molar-refractivity contribution in [1.29, 1.82) is 0 Å². The van der Waals surface area contributed by atoms with Gasteiger partial charge >= 0.3 is 0 Å². The highest BCUT2D eigenvalue weighted by atomic mass is 16.3. The number of anilines is 1. The predicted molar refractivity (Wildman–Crippen MR) is 109 cm³/mol. The summed E-state index contributed by atoms with van der Waals surface area (Å²) in [5, 5.41) is 9.63. The molecule has 1 heterocycles. The van der Waals surface area contributed by atoms with Gasteiger partial charge in [0.1, 0.15) is 5.75 Å². The van der Waals surface area contributed by atoms with Crippen LogP contribution in [0, 0.1) is 11.3 Å². The van der Waals surface area contributed by atoms with Gasteiger partial charge in [-0.25, -0.2) is 4.90 Å². The number of rotatable bonds is 1. The number of carbonyl (C=O) groups is 2. The third-order valence-corrected chi connectivity index (χ3v) is 7.12. The summed E-state index contributed by atoms with van der Waals surface area (Å²) in [5.41, 5.74) is 4.32. The zero-order chi connectivity index (χ0) is 19.9. The monoisotopic (exact) mass is 381 g/mol. The fourth-order valence-corrected chi connectivity index (χ4v) is 5.96. The Bertz CT molecular complexity index is 1150. The van der Waals surface area contributed by atoms with E-state index in [1.54, 1.807) is 12.1 Å². The molecule has 0 saturated carbocycles. The number of hydrogen-bond donors (Lipinski definition) is 1. The number of phenols is 1. The molecular weight excluding hydrogens is 362 g/mol. The average molecular weight is 381 g/mol. The highest BCUT2D eigenvalue weighted by Crippen LogP contribution is 2.67. The molecule has 1 aliphatic heterocycles. The molecule has 2 atom stereocenters. The summed E-state index contributed by atoms with van der Waals surface area (Å²) in [4.78, 5) is 28.8. The van der Waals surface area contributed by atoms with Crippen LogP contribution in [0.1, 0.15) is 41.0 Å². The molecule has 29 heavy (non-hydrogen) atoms. The molecule has 142 valence electrons. The summed E-state index contributed by atoms with van der Waals surface area (Å²) in [6.45, 7) is 1.96. The fourth-order valence-electron chi connectivity index (χ4n) is 5.96. The quantitative estimate of drug-likeness (QED) is 0.644. The van der Waals surface area contributed by atoms with Crippen LogP contribution in [0.25, 0.3) is 0 Å². The van der Waals surface area contributed by atoms with Gasteiger partial charge in [0.05, 0.1) is 17.0 Å². The Morgan fingerprint density at radius 2 is 1.31 bits per heavy atom. The molecule has 2 bridgehead atoms. The second-order valence-corrected chi connectivity index (χ2v) is 8.42. The van der Waals surface area contributed by atoms with Crippen LogP contribution in [0.2, 0.25) is 0 Å². The molecule has 0 radical (unpaired) electrons. The summed E-state index contributed by atoms with van der Waals surface area (Å²) < 4.78 is 0. The van der Waals surface area contributed by atoms with Gasteiger partial charge in [0, 0.05) is 11.8 Å². The lowest BCUT2D eigenvalue weighted by Gasteiger charge is -2.51. The molecule has 0 aromatic heterocycles. The van der Waals surface area contributed by atoms with Crippen LogP contribution in [-0.2, 0) is 9.59 Å². The Morgan fingerprint density at radius 1 is 0.793 bits per heavy atom. The van der Waals surface area contributed by atoms with E-state index < -0.39 is 11.3 Å². The summed E-state index contributed by atoms with van der Waals surface area (Å²) >= 11 is 0. The first-order valence-corrected chi connectivity index (χ1v) is 9.88. The van der Waals surface area contributed by atoms with Crippen LogP contribution in [-0.4, -0.2) is 16.9 Å². The van der Waals surface area contributed by atoms with E-state index in [4.69, 9.17) is 0 Å². The zero-order valence-corrected chi connectivity index (χ0v) is 15.9. The van der Waals surface area contributed by atoms with E-state index in [1.165, 1.54) is 17.0 Å². The highest BCUT2D eigenvalue weighted by Gasteiger charge is 2.68. The van der Waals surface area contributed by atoms with E-state index in [2.05, 4.69) is 24.3 Å². The third-order valence-electron chi connectivity index (χ3n) is 7.12. The van der Waals surface area contributed by atoms with Crippen LogP contribution >= 0.6 is 0 Å². The topological polar surface area (TPSA) is 57.6 Å². The number of benzene rings is 3. The number of carbonyl (C=O) groups excluding carboxylic acids is 2. The van der Waals surface area contributed by atoms with Crippen LogP contribution in [0.5, 0.6) is 5.75 Å². The largest absolute Gasteiger partial charge is 0.508 e. The molecular formula is C25H19NO3. The van der Waals surface area contributed by atoms with Crippen molar-refractivity contribution < 1.29 is 14.7 Å². The van der Waals surface area contributed by atoms with Gasteiger partial charge in [0.15, 0.2) is 0 Å². The molecule has 0 unspecified atom stereocenters.